The normalized spacial score (nSPS) is 17.5. The van der Waals surface area contributed by atoms with Gasteiger partial charge in [-0.25, -0.2) is 4.98 Å². The molecule has 0 unspecified atom stereocenters. The SMILES string of the molecule is COc1ccccc1N(C(C)=O)c1nc(COC(=O)[C@H](C2CC2)N2CCCC2)cs1. The van der Waals surface area contributed by atoms with Gasteiger partial charge in [-0.05, 0) is 56.8 Å². The molecule has 160 valence electrons. The molecule has 2 heterocycles. The molecule has 0 N–H and O–H groups in total. The second kappa shape index (κ2) is 9.14. The molecule has 1 aromatic heterocycles. The Morgan fingerprint density at radius 3 is 2.67 bits per heavy atom. The van der Waals surface area contributed by atoms with Crippen molar-refractivity contribution in [1.82, 2.24) is 9.88 Å². The van der Waals surface area contributed by atoms with Crippen molar-refractivity contribution in [3.8, 4) is 5.75 Å². The van der Waals surface area contributed by atoms with E-state index in [0.717, 1.165) is 38.8 Å². The topological polar surface area (TPSA) is 72.0 Å². The van der Waals surface area contributed by atoms with E-state index in [4.69, 9.17) is 9.47 Å². The fourth-order valence-corrected chi connectivity index (χ4v) is 4.85. The Morgan fingerprint density at radius 1 is 1.27 bits per heavy atom. The second-order valence-corrected chi connectivity index (χ2v) is 8.62. The molecule has 0 bridgehead atoms. The van der Waals surface area contributed by atoms with Gasteiger partial charge in [0, 0.05) is 12.3 Å². The number of carbonyl (C=O) groups excluding carboxylic acids is 2. The van der Waals surface area contributed by atoms with Gasteiger partial charge in [0.05, 0.1) is 18.5 Å². The Morgan fingerprint density at radius 2 is 2.00 bits per heavy atom. The summed E-state index contributed by atoms with van der Waals surface area (Å²) < 4.78 is 11.0. The molecule has 8 heteroatoms. The zero-order chi connectivity index (χ0) is 21.1. The number of aromatic nitrogens is 1. The van der Waals surface area contributed by atoms with Crippen LogP contribution in [0.2, 0.25) is 0 Å². The molecule has 0 radical (unpaired) electrons. The number of anilines is 2. The van der Waals surface area contributed by atoms with Gasteiger partial charge in [-0.2, -0.15) is 0 Å². The lowest BCUT2D eigenvalue weighted by Gasteiger charge is -2.25. The van der Waals surface area contributed by atoms with Crippen molar-refractivity contribution in [2.24, 2.45) is 5.92 Å². The highest BCUT2D eigenvalue weighted by molar-refractivity contribution is 7.14. The number of amides is 1. The third kappa shape index (κ3) is 4.49. The van der Waals surface area contributed by atoms with E-state index in [0.29, 0.717) is 28.2 Å². The van der Waals surface area contributed by atoms with Crippen molar-refractivity contribution in [2.45, 2.75) is 45.3 Å². The van der Waals surface area contributed by atoms with Crippen LogP contribution in [0.1, 0.15) is 38.3 Å². The first-order chi connectivity index (χ1) is 14.6. The Hall–Kier alpha value is -2.45. The number of hydrogen-bond acceptors (Lipinski definition) is 7. The first-order valence-corrected chi connectivity index (χ1v) is 11.2. The highest BCUT2D eigenvalue weighted by Gasteiger charge is 2.42. The average Bonchev–Trinajstić information content (AvgIpc) is 3.22. The van der Waals surface area contributed by atoms with Crippen molar-refractivity contribution >= 4 is 34.0 Å². The summed E-state index contributed by atoms with van der Waals surface area (Å²) in [6, 6.07) is 7.20. The summed E-state index contributed by atoms with van der Waals surface area (Å²) in [5.41, 5.74) is 1.27. The van der Waals surface area contributed by atoms with Crippen LogP contribution in [0.5, 0.6) is 5.75 Å². The third-order valence-corrected chi connectivity index (χ3v) is 6.45. The summed E-state index contributed by atoms with van der Waals surface area (Å²) in [7, 11) is 1.57. The number of esters is 1. The maximum atomic E-state index is 12.8. The zero-order valence-electron chi connectivity index (χ0n) is 17.4. The number of ether oxygens (including phenoxy) is 2. The van der Waals surface area contributed by atoms with Gasteiger partial charge in [-0.15, -0.1) is 11.3 Å². The van der Waals surface area contributed by atoms with Crippen LogP contribution in [0, 0.1) is 5.92 Å². The monoisotopic (exact) mass is 429 g/mol. The molecule has 1 atom stereocenters. The zero-order valence-corrected chi connectivity index (χ0v) is 18.2. The van der Waals surface area contributed by atoms with Gasteiger partial charge in [-0.1, -0.05) is 12.1 Å². The fourth-order valence-electron chi connectivity index (χ4n) is 3.99. The molecule has 1 saturated heterocycles. The van der Waals surface area contributed by atoms with Gasteiger partial charge in [0.25, 0.3) is 0 Å². The predicted octanol–water partition coefficient (Wildman–Crippen LogP) is 3.75. The fraction of sp³-hybridized carbons (Fsp3) is 0.500. The van der Waals surface area contributed by atoms with E-state index in [1.807, 2.05) is 23.6 Å². The number of methoxy groups -OCH3 is 1. The molecule has 2 aromatic rings. The number of para-hydroxylation sites is 2. The molecule has 4 rings (SSSR count). The molecule has 1 aliphatic carbocycles. The summed E-state index contributed by atoms with van der Waals surface area (Å²) in [6.45, 7) is 3.56. The van der Waals surface area contributed by atoms with Crippen LogP contribution in [0.3, 0.4) is 0 Å². The summed E-state index contributed by atoms with van der Waals surface area (Å²) >= 11 is 1.34. The molecule has 1 aliphatic heterocycles. The van der Waals surface area contributed by atoms with Crippen LogP contribution in [0.15, 0.2) is 29.6 Å². The number of likely N-dealkylation sites (tertiary alicyclic amines) is 1. The van der Waals surface area contributed by atoms with Crippen LogP contribution < -0.4 is 9.64 Å². The van der Waals surface area contributed by atoms with E-state index < -0.39 is 0 Å². The number of nitrogens with zero attached hydrogens (tertiary/aromatic N) is 3. The van der Waals surface area contributed by atoms with Crippen molar-refractivity contribution in [1.29, 1.82) is 0 Å². The van der Waals surface area contributed by atoms with Crippen LogP contribution >= 0.6 is 11.3 Å². The van der Waals surface area contributed by atoms with Gasteiger partial charge in [0.15, 0.2) is 5.13 Å². The maximum absolute atomic E-state index is 12.8. The number of rotatable bonds is 8. The van der Waals surface area contributed by atoms with E-state index in [9.17, 15) is 9.59 Å². The number of hydrogen-bond donors (Lipinski definition) is 0. The third-order valence-electron chi connectivity index (χ3n) is 5.58. The Kier molecular flexibility index (Phi) is 6.34. The van der Waals surface area contributed by atoms with E-state index in [1.54, 1.807) is 13.2 Å². The van der Waals surface area contributed by atoms with Crippen LogP contribution in [-0.2, 0) is 20.9 Å². The van der Waals surface area contributed by atoms with Gasteiger partial charge < -0.3 is 9.47 Å². The lowest BCUT2D eigenvalue weighted by Crippen LogP contribution is -2.42. The van der Waals surface area contributed by atoms with Crippen LogP contribution in [0.25, 0.3) is 0 Å². The number of carbonyl (C=O) groups is 2. The van der Waals surface area contributed by atoms with Crippen molar-refractivity contribution in [3.63, 3.8) is 0 Å². The molecule has 1 amide bonds. The Labute approximate surface area is 180 Å². The van der Waals surface area contributed by atoms with Gasteiger partial charge in [0.2, 0.25) is 5.91 Å². The summed E-state index contributed by atoms with van der Waals surface area (Å²) in [4.78, 5) is 33.5. The predicted molar refractivity (Wildman–Crippen MR) is 115 cm³/mol. The minimum Gasteiger partial charge on any atom is -0.495 e. The first kappa shape index (κ1) is 20.8. The number of benzene rings is 1. The molecule has 30 heavy (non-hydrogen) atoms. The van der Waals surface area contributed by atoms with Gasteiger partial charge >= 0.3 is 5.97 Å². The summed E-state index contributed by atoms with van der Waals surface area (Å²) in [5, 5.41) is 2.35. The van der Waals surface area contributed by atoms with E-state index in [2.05, 4.69) is 9.88 Å². The van der Waals surface area contributed by atoms with E-state index >= 15 is 0 Å². The molecule has 7 nitrogen and oxygen atoms in total. The molecule has 1 aromatic carbocycles. The molecule has 2 aliphatic rings. The van der Waals surface area contributed by atoms with Crippen molar-refractivity contribution in [2.75, 3.05) is 25.1 Å². The highest BCUT2D eigenvalue weighted by atomic mass is 32.1. The lowest BCUT2D eigenvalue weighted by atomic mass is 10.1. The van der Waals surface area contributed by atoms with Crippen LogP contribution in [0.4, 0.5) is 10.8 Å². The molecular formula is C22H27N3O4S. The largest absolute Gasteiger partial charge is 0.495 e. The molecule has 1 saturated carbocycles. The smallest absolute Gasteiger partial charge is 0.324 e. The van der Waals surface area contributed by atoms with E-state index in [1.165, 1.54) is 23.2 Å². The maximum Gasteiger partial charge on any atom is 0.324 e. The number of thiazole rings is 1. The highest BCUT2D eigenvalue weighted by Crippen LogP contribution is 2.38. The standard InChI is InChI=1S/C22H27N3O4S/c1-15(26)25(18-7-3-4-8-19(18)28-2)22-23-17(14-30-22)13-29-21(27)20(16-9-10-16)24-11-5-6-12-24/h3-4,7-8,14,16,20H,5-6,9-13H2,1-2H3/t20-/m0/s1. The average molecular weight is 430 g/mol. The molecule has 0 spiro atoms. The van der Waals surface area contributed by atoms with Gasteiger partial charge in [-0.3, -0.25) is 19.4 Å². The molecule has 2 fully saturated rings. The summed E-state index contributed by atoms with van der Waals surface area (Å²) in [6.07, 6.45) is 4.50. The lowest BCUT2D eigenvalue weighted by molar-refractivity contribution is -0.152. The first-order valence-electron chi connectivity index (χ1n) is 10.4. The van der Waals surface area contributed by atoms with Crippen LogP contribution in [-0.4, -0.2) is 48.0 Å². The quantitative estimate of drug-likeness (QED) is 0.595. The second-order valence-electron chi connectivity index (χ2n) is 7.78. The Balaban J connectivity index is 1.45. The minimum atomic E-state index is -0.166. The minimum absolute atomic E-state index is 0.115. The van der Waals surface area contributed by atoms with E-state index in [-0.39, 0.29) is 24.5 Å². The van der Waals surface area contributed by atoms with Gasteiger partial charge in [0.1, 0.15) is 18.4 Å². The Bertz CT molecular complexity index is 905. The molecular weight excluding hydrogens is 402 g/mol. The van der Waals surface area contributed by atoms with Crippen molar-refractivity contribution in [3.05, 3.63) is 35.3 Å². The summed E-state index contributed by atoms with van der Waals surface area (Å²) in [5.74, 6) is 0.705. The van der Waals surface area contributed by atoms with Crippen molar-refractivity contribution < 1.29 is 19.1 Å².